The molecule has 0 aromatic heterocycles. The van der Waals surface area contributed by atoms with Gasteiger partial charge in [0.05, 0.1) is 5.56 Å². The standard InChI is InChI=1S/C13H19NO2S/c1-3-14(4-2)9-10-17-12-7-5-11(6-8-12)13(15)16/h5-8H,3-4,9-10H2,1-2H3,(H,15,16). The molecular weight excluding hydrogens is 234 g/mol. The lowest BCUT2D eigenvalue weighted by molar-refractivity contribution is 0.0697. The van der Waals surface area contributed by atoms with Crippen LogP contribution in [-0.2, 0) is 0 Å². The Morgan fingerprint density at radius 1 is 1.24 bits per heavy atom. The summed E-state index contributed by atoms with van der Waals surface area (Å²) in [6, 6.07) is 7.05. The normalized spacial score (nSPS) is 10.8. The van der Waals surface area contributed by atoms with Gasteiger partial charge in [-0.3, -0.25) is 0 Å². The minimum Gasteiger partial charge on any atom is -0.478 e. The van der Waals surface area contributed by atoms with Crippen molar-refractivity contribution in [3.8, 4) is 0 Å². The number of nitrogens with zero attached hydrogens (tertiary/aromatic N) is 1. The van der Waals surface area contributed by atoms with Gasteiger partial charge in [0.1, 0.15) is 0 Å². The zero-order valence-corrected chi connectivity index (χ0v) is 11.2. The average molecular weight is 253 g/mol. The first kappa shape index (κ1) is 14.1. The lowest BCUT2D eigenvalue weighted by Gasteiger charge is -2.17. The molecule has 1 aromatic rings. The summed E-state index contributed by atoms with van der Waals surface area (Å²) in [6.07, 6.45) is 0. The predicted molar refractivity (Wildman–Crippen MR) is 71.9 cm³/mol. The molecule has 0 radical (unpaired) electrons. The summed E-state index contributed by atoms with van der Waals surface area (Å²) >= 11 is 1.77. The predicted octanol–water partition coefficient (Wildman–Crippen LogP) is 2.82. The molecule has 0 heterocycles. The van der Waals surface area contributed by atoms with E-state index in [0.717, 1.165) is 30.3 Å². The van der Waals surface area contributed by atoms with Crippen LogP contribution in [0.15, 0.2) is 29.2 Å². The molecule has 1 rings (SSSR count). The summed E-state index contributed by atoms with van der Waals surface area (Å²) in [4.78, 5) is 14.2. The van der Waals surface area contributed by atoms with Crippen LogP contribution in [0.25, 0.3) is 0 Å². The van der Waals surface area contributed by atoms with Crippen molar-refractivity contribution in [3.63, 3.8) is 0 Å². The van der Waals surface area contributed by atoms with E-state index in [9.17, 15) is 4.79 Å². The highest BCUT2D eigenvalue weighted by molar-refractivity contribution is 7.99. The number of benzene rings is 1. The Labute approximate surface area is 107 Å². The highest BCUT2D eigenvalue weighted by atomic mass is 32.2. The fraction of sp³-hybridized carbons (Fsp3) is 0.462. The van der Waals surface area contributed by atoms with Crippen LogP contribution in [0.2, 0.25) is 0 Å². The van der Waals surface area contributed by atoms with Gasteiger partial charge < -0.3 is 10.0 Å². The fourth-order valence-electron chi connectivity index (χ4n) is 1.53. The summed E-state index contributed by atoms with van der Waals surface area (Å²) in [6.45, 7) is 7.55. The highest BCUT2D eigenvalue weighted by Gasteiger charge is 2.03. The first-order chi connectivity index (χ1) is 8.17. The number of carboxylic acids is 1. The smallest absolute Gasteiger partial charge is 0.335 e. The third-order valence-electron chi connectivity index (χ3n) is 2.67. The molecule has 3 nitrogen and oxygen atoms in total. The Morgan fingerprint density at radius 3 is 2.29 bits per heavy atom. The van der Waals surface area contributed by atoms with Crippen molar-refractivity contribution in [1.82, 2.24) is 4.90 Å². The first-order valence-electron chi connectivity index (χ1n) is 5.85. The maximum Gasteiger partial charge on any atom is 0.335 e. The van der Waals surface area contributed by atoms with Crippen LogP contribution in [-0.4, -0.2) is 41.4 Å². The Balaban J connectivity index is 2.39. The molecule has 0 amide bonds. The van der Waals surface area contributed by atoms with Gasteiger partial charge in [-0.25, -0.2) is 4.79 Å². The van der Waals surface area contributed by atoms with Gasteiger partial charge >= 0.3 is 5.97 Å². The Kier molecular flexibility index (Phi) is 6.08. The number of aromatic carboxylic acids is 1. The molecule has 17 heavy (non-hydrogen) atoms. The van der Waals surface area contributed by atoms with E-state index in [-0.39, 0.29) is 0 Å². The van der Waals surface area contributed by atoms with Gasteiger partial charge in [0.2, 0.25) is 0 Å². The molecule has 0 saturated heterocycles. The SMILES string of the molecule is CCN(CC)CCSc1ccc(C(=O)O)cc1. The quantitative estimate of drug-likeness (QED) is 0.759. The second-order valence-corrected chi connectivity index (χ2v) is 4.87. The molecule has 0 saturated carbocycles. The first-order valence-corrected chi connectivity index (χ1v) is 6.84. The summed E-state index contributed by atoms with van der Waals surface area (Å²) in [5, 5.41) is 8.77. The minimum absolute atomic E-state index is 0.345. The van der Waals surface area contributed by atoms with Gasteiger partial charge in [-0.2, -0.15) is 0 Å². The molecule has 0 spiro atoms. The number of rotatable bonds is 7. The van der Waals surface area contributed by atoms with Crippen molar-refractivity contribution in [3.05, 3.63) is 29.8 Å². The van der Waals surface area contributed by atoms with E-state index in [1.54, 1.807) is 23.9 Å². The van der Waals surface area contributed by atoms with Gasteiger partial charge in [0.15, 0.2) is 0 Å². The van der Waals surface area contributed by atoms with Crippen molar-refractivity contribution in [2.24, 2.45) is 0 Å². The van der Waals surface area contributed by atoms with Crippen LogP contribution in [0.4, 0.5) is 0 Å². The largest absolute Gasteiger partial charge is 0.478 e. The number of thioether (sulfide) groups is 1. The van der Waals surface area contributed by atoms with E-state index in [0.29, 0.717) is 5.56 Å². The van der Waals surface area contributed by atoms with Crippen molar-refractivity contribution in [2.75, 3.05) is 25.4 Å². The minimum atomic E-state index is -0.871. The number of hydrogen-bond acceptors (Lipinski definition) is 3. The van der Waals surface area contributed by atoms with Crippen molar-refractivity contribution < 1.29 is 9.90 Å². The second kappa shape index (κ2) is 7.35. The molecule has 94 valence electrons. The average Bonchev–Trinajstić information content (AvgIpc) is 2.35. The topological polar surface area (TPSA) is 40.5 Å². The van der Waals surface area contributed by atoms with Crippen LogP contribution in [0.3, 0.4) is 0 Å². The molecule has 0 aliphatic heterocycles. The van der Waals surface area contributed by atoms with E-state index in [1.165, 1.54) is 0 Å². The third-order valence-corrected chi connectivity index (χ3v) is 3.66. The lowest BCUT2D eigenvalue weighted by atomic mass is 10.2. The van der Waals surface area contributed by atoms with Crippen LogP contribution < -0.4 is 0 Å². The molecule has 0 aliphatic carbocycles. The maximum absolute atomic E-state index is 10.7. The summed E-state index contributed by atoms with van der Waals surface area (Å²) in [5.41, 5.74) is 0.345. The number of carbonyl (C=O) groups is 1. The Bertz CT molecular complexity index is 347. The number of carboxylic acid groups (broad SMARTS) is 1. The Morgan fingerprint density at radius 2 is 1.82 bits per heavy atom. The molecule has 0 atom stereocenters. The monoisotopic (exact) mass is 253 g/mol. The third kappa shape index (κ3) is 4.79. The van der Waals surface area contributed by atoms with Crippen LogP contribution in [0.5, 0.6) is 0 Å². The molecular formula is C13H19NO2S. The zero-order valence-electron chi connectivity index (χ0n) is 10.3. The van der Waals surface area contributed by atoms with Crippen molar-refractivity contribution >= 4 is 17.7 Å². The van der Waals surface area contributed by atoms with Crippen LogP contribution in [0.1, 0.15) is 24.2 Å². The zero-order chi connectivity index (χ0) is 12.7. The lowest BCUT2D eigenvalue weighted by Crippen LogP contribution is -2.25. The summed E-state index contributed by atoms with van der Waals surface area (Å²) in [7, 11) is 0. The highest BCUT2D eigenvalue weighted by Crippen LogP contribution is 2.18. The van der Waals surface area contributed by atoms with Crippen LogP contribution >= 0.6 is 11.8 Å². The van der Waals surface area contributed by atoms with Gasteiger partial charge in [-0.05, 0) is 37.4 Å². The van der Waals surface area contributed by atoms with Gasteiger partial charge in [0, 0.05) is 17.2 Å². The number of hydrogen-bond donors (Lipinski definition) is 1. The molecule has 1 N–H and O–H groups in total. The molecule has 0 fully saturated rings. The van der Waals surface area contributed by atoms with E-state index in [4.69, 9.17) is 5.11 Å². The van der Waals surface area contributed by atoms with E-state index < -0.39 is 5.97 Å². The van der Waals surface area contributed by atoms with Crippen molar-refractivity contribution in [2.45, 2.75) is 18.7 Å². The van der Waals surface area contributed by atoms with Crippen molar-refractivity contribution in [1.29, 1.82) is 0 Å². The van der Waals surface area contributed by atoms with E-state index in [1.807, 2.05) is 12.1 Å². The molecule has 4 heteroatoms. The van der Waals surface area contributed by atoms with E-state index >= 15 is 0 Å². The molecule has 1 aromatic carbocycles. The molecule has 0 aliphatic rings. The summed E-state index contributed by atoms with van der Waals surface area (Å²) < 4.78 is 0. The van der Waals surface area contributed by atoms with E-state index in [2.05, 4.69) is 18.7 Å². The van der Waals surface area contributed by atoms with Gasteiger partial charge in [-0.1, -0.05) is 13.8 Å². The van der Waals surface area contributed by atoms with Crippen LogP contribution in [0, 0.1) is 0 Å². The van der Waals surface area contributed by atoms with Gasteiger partial charge in [0.25, 0.3) is 0 Å². The molecule has 0 bridgehead atoms. The summed E-state index contributed by atoms with van der Waals surface area (Å²) in [5.74, 6) is 0.165. The van der Waals surface area contributed by atoms with Gasteiger partial charge in [-0.15, -0.1) is 11.8 Å². The Hall–Kier alpha value is -1.00. The second-order valence-electron chi connectivity index (χ2n) is 3.70. The fourth-order valence-corrected chi connectivity index (χ4v) is 2.44. The molecule has 0 unspecified atom stereocenters. The maximum atomic E-state index is 10.7.